The second-order valence-corrected chi connectivity index (χ2v) is 4.94. The van der Waals surface area contributed by atoms with Gasteiger partial charge in [0.2, 0.25) is 5.91 Å². The van der Waals surface area contributed by atoms with Crippen molar-refractivity contribution in [3.63, 3.8) is 0 Å². The topological polar surface area (TPSA) is 75.6 Å². The van der Waals surface area contributed by atoms with E-state index in [4.69, 9.17) is 4.74 Å². The quantitative estimate of drug-likeness (QED) is 0.852. The summed E-state index contributed by atoms with van der Waals surface area (Å²) >= 11 is 0. The van der Waals surface area contributed by atoms with Crippen LogP contribution in [0, 0.1) is 0 Å². The normalized spacial score (nSPS) is 20.1. The second kappa shape index (κ2) is 7.05. The van der Waals surface area contributed by atoms with Gasteiger partial charge in [0.25, 0.3) is 0 Å². The van der Waals surface area contributed by atoms with Gasteiger partial charge in [-0.3, -0.25) is 4.79 Å². The van der Waals surface area contributed by atoms with Crippen molar-refractivity contribution in [3.05, 3.63) is 35.9 Å². The van der Waals surface area contributed by atoms with Gasteiger partial charge in [-0.25, -0.2) is 4.79 Å². The minimum Gasteiger partial charge on any atom is -0.480 e. The van der Waals surface area contributed by atoms with Crippen molar-refractivity contribution in [2.75, 3.05) is 6.61 Å². The molecule has 1 aliphatic heterocycles. The minimum atomic E-state index is -1.03. The smallest absolute Gasteiger partial charge is 0.326 e. The van der Waals surface area contributed by atoms with Crippen LogP contribution in [0.5, 0.6) is 0 Å². The highest BCUT2D eigenvalue weighted by molar-refractivity contribution is 5.86. The van der Waals surface area contributed by atoms with Crippen LogP contribution in [-0.2, 0) is 20.7 Å². The van der Waals surface area contributed by atoms with Gasteiger partial charge in [0.05, 0.1) is 0 Å². The number of amides is 1. The Morgan fingerprint density at radius 3 is 2.65 bits per heavy atom. The highest BCUT2D eigenvalue weighted by Gasteiger charge is 2.27. The fourth-order valence-electron chi connectivity index (χ4n) is 2.26. The molecular formula is C15H19NO4. The second-order valence-electron chi connectivity index (χ2n) is 4.94. The van der Waals surface area contributed by atoms with Crippen LogP contribution in [0.4, 0.5) is 0 Å². The van der Waals surface area contributed by atoms with E-state index < -0.39 is 18.1 Å². The summed E-state index contributed by atoms with van der Waals surface area (Å²) in [6, 6.07) is 8.34. The molecule has 2 unspecified atom stereocenters. The molecule has 2 rings (SSSR count). The molecule has 5 heteroatoms. The van der Waals surface area contributed by atoms with Crippen molar-refractivity contribution < 1.29 is 19.4 Å². The molecule has 1 fully saturated rings. The lowest BCUT2D eigenvalue weighted by atomic mass is 10.0. The van der Waals surface area contributed by atoms with Crippen LogP contribution in [0.15, 0.2) is 30.3 Å². The molecule has 0 spiro atoms. The van der Waals surface area contributed by atoms with Crippen molar-refractivity contribution in [3.8, 4) is 0 Å². The number of benzene rings is 1. The summed E-state index contributed by atoms with van der Waals surface area (Å²) in [6.07, 6.45) is 2.31. The van der Waals surface area contributed by atoms with Crippen molar-refractivity contribution in [1.29, 1.82) is 0 Å². The van der Waals surface area contributed by atoms with Crippen LogP contribution >= 0.6 is 0 Å². The minimum absolute atomic E-state index is 0.272. The molecule has 1 saturated heterocycles. The Labute approximate surface area is 117 Å². The summed E-state index contributed by atoms with van der Waals surface area (Å²) in [4.78, 5) is 23.3. The van der Waals surface area contributed by atoms with E-state index in [-0.39, 0.29) is 12.3 Å². The summed E-state index contributed by atoms with van der Waals surface area (Å²) in [7, 11) is 0. The van der Waals surface area contributed by atoms with Gasteiger partial charge in [-0.05, 0) is 24.8 Å². The number of carbonyl (C=O) groups is 2. The van der Waals surface area contributed by atoms with Gasteiger partial charge in [-0.15, -0.1) is 0 Å². The van der Waals surface area contributed by atoms with Gasteiger partial charge >= 0.3 is 5.97 Å². The zero-order valence-electron chi connectivity index (χ0n) is 11.2. The third-order valence-corrected chi connectivity index (χ3v) is 3.37. The molecule has 1 amide bonds. The van der Waals surface area contributed by atoms with Crippen LogP contribution < -0.4 is 5.32 Å². The summed E-state index contributed by atoms with van der Waals surface area (Å²) in [5, 5.41) is 11.8. The highest BCUT2D eigenvalue weighted by Crippen LogP contribution is 2.13. The van der Waals surface area contributed by atoms with Crippen molar-refractivity contribution in [2.45, 2.75) is 37.8 Å². The Bertz CT molecular complexity index is 454. The summed E-state index contributed by atoms with van der Waals surface area (Å²) in [6.45, 7) is 0.564. The average Bonchev–Trinajstić information content (AvgIpc) is 2.48. The molecule has 1 aliphatic rings. The number of ether oxygens (including phenoxy) is 1. The molecule has 2 atom stereocenters. The van der Waals surface area contributed by atoms with E-state index in [9.17, 15) is 14.7 Å². The van der Waals surface area contributed by atoms with E-state index in [0.29, 0.717) is 13.0 Å². The molecule has 5 nitrogen and oxygen atoms in total. The van der Waals surface area contributed by atoms with Gasteiger partial charge < -0.3 is 15.2 Å². The van der Waals surface area contributed by atoms with Crippen LogP contribution in [-0.4, -0.2) is 35.7 Å². The number of carboxylic acids is 1. The summed E-state index contributed by atoms with van der Waals surface area (Å²) < 4.78 is 5.37. The number of rotatable bonds is 5. The Morgan fingerprint density at radius 2 is 2.05 bits per heavy atom. The van der Waals surface area contributed by atoms with Crippen molar-refractivity contribution >= 4 is 11.9 Å². The molecule has 20 heavy (non-hydrogen) atoms. The third kappa shape index (κ3) is 4.06. The number of hydrogen-bond acceptors (Lipinski definition) is 3. The van der Waals surface area contributed by atoms with E-state index >= 15 is 0 Å². The molecule has 1 aromatic carbocycles. The van der Waals surface area contributed by atoms with Gasteiger partial charge in [0, 0.05) is 13.0 Å². The zero-order chi connectivity index (χ0) is 14.4. The van der Waals surface area contributed by atoms with Gasteiger partial charge in [-0.2, -0.15) is 0 Å². The third-order valence-electron chi connectivity index (χ3n) is 3.37. The van der Waals surface area contributed by atoms with Crippen molar-refractivity contribution in [1.82, 2.24) is 5.32 Å². The molecule has 1 heterocycles. The van der Waals surface area contributed by atoms with E-state index in [0.717, 1.165) is 18.4 Å². The number of carbonyl (C=O) groups excluding carboxylic acids is 1. The Balaban J connectivity index is 1.95. The lowest BCUT2D eigenvalue weighted by molar-refractivity contribution is -0.145. The van der Waals surface area contributed by atoms with E-state index in [1.54, 1.807) is 0 Å². The number of carboxylic acid groups (broad SMARTS) is 1. The van der Waals surface area contributed by atoms with Gasteiger partial charge in [0.1, 0.15) is 12.1 Å². The standard InChI is InChI=1S/C15H19NO4/c17-14(13-8-4-5-9-20-13)16-12(15(18)19)10-11-6-2-1-3-7-11/h1-3,6-7,12-13H,4-5,8-10H2,(H,16,17)(H,18,19). The summed E-state index contributed by atoms with van der Waals surface area (Å²) in [5.74, 6) is -1.36. The number of nitrogens with one attached hydrogen (secondary N) is 1. The first kappa shape index (κ1) is 14.5. The number of aliphatic carboxylic acids is 1. The van der Waals surface area contributed by atoms with E-state index in [1.807, 2.05) is 30.3 Å². The molecule has 108 valence electrons. The predicted molar refractivity (Wildman–Crippen MR) is 73.3 cm³/mol. The molecule has 0 saturated carbocycles. The summed E-state index contributed by atoms with van der Waals surface area (Å²) in [5.41, 5.74) is 0.879. The van der Waals surface area contributed by atoms with Crippen molar-refractivity contribution in [2.24, 2.45) is 0 Å². The fourth-order valence-corrected chi connectivity index (χ4v) is 2.26. The van der Waals surface area contributed by atoms with Crippen LogP contribution in [0.3, 0.4) is 0 Å². The Hall–Kier alpha value is -1.88. The maximum atomic E-state index is 12.0. The van der Waals surface area contributed by atoms with E-state index in [2.05, 4.69) is 5.32 Å². The van der Waals surface area contributed by atoms with Gasteiger partial charge in [-0.1, -0.05) is 30.3 Å². The molecular weight excluding hydrogens is 258 g/mol. The van der Waals surface area contributed by atoms with Crippen LogP contribution in [0.1, 0.15) is 24.8 Å². The Kier molecular flexibility index (Phi) is 5.12. The molecule has 2 N–H and O–H groups in total. The SMILES string of the molecule is O=C(O)C(Cc1ccccc1)NC(=O)C1CCCCO1. The molecule has 0 aromatic heterocycles. The predicted octanol–water partition coefficient (Wildman–Crippen LogP) is 1.37. The highest BCUT2D eigenvalue weighted by atomic mass is 16.5. The van der Waals surface area contributed by atoms with Gasteiger partial charge in [0.15, 0.2) is 0 Å². The molecule has 0 aliphatic carbocycles. The Morgan fingerprint density at radius 1 is 1.30 bits per heavy atom. The first-order valence-electron chi connectivity index (χ1n) is 6.85. The fraction of sp³-hybridized carbons (Fsp3) is 0.467. The lowest BCUT2D eigenvalue weighted by Crippen LogP contribution is -2.48. The monoisotopic (exact) mass is 277 g/mol. The number of hydrogen-bond donors (Lipinski definition) is 2. The van der Waals surface area contributed by atoms with E-state index in [1.165, 1.54) is 0 Å². The first-order valence-corrected chi connectivity index (χ1v) is 6.85. The largest absolute Gasteiger partial charge is 0.480 e. The van der Waals surface area contributed by atoms with Crippen LogP contribution in [0.25, 0.3) is 0 Å². The lowest BCUT2D eigenvalue weighted by Gasteiger charge is -2.23. The maximum absolute atomic E-state index is 12.0. The maximum Gasteiger partial charge on any atom is 0.326 e. The molecule has 0 bridgehead atoms. The first-order chi connectivity index (χ1) is 9.66. The zero-order valence-corrected chi connectivity index (χ0v) is 11.2. The average molecular weight is 277 g/mol. The molecule has 1 aromatic rings. The van der Waals surface area contributed by atoms with Crippen LogP contribution in [0.2, 0.25) is 0 Å². The molecule has 0 radical (unpaired) electrons.